The van der Waals surface area contributed by atoms with Crippen molar-refractivity contribution in [1.29, 1.82) is 0 Å². The van der Waals surface area contributed by atoms with E-state index >= 15 is 0 Å². The number of amides is 1. The summed E-state index contributed by atoms with van der Waals surface area (Å²) in [6, 6.07) is 8.36. The molecule has 19 heavy (non-hydrogen) atoms. The van der Waals surface area contributed by atoms with E-state index < -0.39 is 18.1 Å². The number of aliphatic carboxylic acids is 1. The molecule has 1 atom stereocenters. The van der Waals surface area contributed by atoms with Crippen molar-refractivity contribution in [3.8, 4) is 0 Å². The van der Waals surface area contributed by atoms with E-state index in [1.165, 1.54) is 7.05 Å². The van der Waals surface area contributed by atoms with E-state index in [-0.39, 0.29) is 12.5 Å². The number of hydrogen-bond acceptors (Lipinski definition) is 3. The lowest BCUT2D eigenvalue weighted by molar-refractivity contribution is -0.143. The largest absolute Gasteiger partial charge is 0.480 e. The first kappa shape index (κ1) is 15.0. The molecule has 0 radical (unpaired) electrons. The minimum absolute atomic E-state index is 0.133. The van der Waals surface area contributed by atoms with E-state index in [0.29, 0.717) is 0 Å². The number of carboxylic acid groups (broad SMARTS) is 1. The summed E-state index contributed by atoms with van der Waals surface area (Å²) in [5.74, 6) is -1.22. The fourth-order valence-corrected chi connectivity index (χ4v) is 1.83. The van der Waals surface area contributed by atoms with Crippen molar-refractivity contribution in [3.63, 3.8) is 0 Å². The number of ether oxygens (including phenoxy) is 1. The highest BCUT2D eigenvalue weighted by Gasteiger charge is 2.30. The lowest BCUT2D eigenvalue weighted by atomic mass is 10.0. The van der Waals surface area contributed by atoms with Crippen molar-refractivity contribution in [3.05, 3.63) is 35.9 Å². The zero-order valence-corrected chi connectivity index (χ0v) is 11.4. The van der Waals surface area contributed by atoms with Crippen molar-refractivity contribution in [2.75, 3.05) is 7.05 Å². The minimum Gasteiger partial charge on any atom is -0.480 e. The quantitative estimate of drug-likeness (QED) is 0.887. The highest BCUT2D eigenvalue weighted by atomic mass is 16.6. The van der Waals surface area contributed by atoms with Crippen molar-refractivity contribution >= 4 is 12.1 Å². The molecule has 0 unspecified atom stereocenters. The molecule has 1 N–H and O–H groups in total. The summed E-state index contributed by atoms with van der Waals surface area (Å²) < 4.78 is 5.09. The van der Waals surface area contributed by atoms with Crippen LogP contribution in [0.1, 0.15) is 19.4 Å². The molecule has 104 valence electrons. The first-order chi connectivity index (χ1) is 8.93. The van der Waals surface area contributed by atoms with Crippen LogP contribution in [0.4, 0.5) is 4.79 Å². The van der Waals surface area contributed by atoms with Crippen molar-refractivity contribution in [2.45, 2.75) is 26.5 Å². The Morgan fingerprint density at radius 2 is 1.84 bits per heavy atom. The SMILES string of the molecule is CC(C)[C@H](C(=O)O)N(C)C(=O)OCc1ccccc1. The molecule has 0 spiro atoms. The van der Waals surface area contributed by atoms with Gasteiger partial charge in [0.05, 0.1) is 0 Å². The van der Waals surface area contributed by atoms with Gasteiger partial charge < -0.3 is 9.84 Å². The number of carbonyl (C=O) groups is 2. The van der Waals surface area contributed by atoms with E-state index in [1.807, 2.05) is 30.3 Å². The topological polar surface area (TPSA) is 66.8 Å². The smallest absolute Gasteiger partial charge is 0.410 e. The van der Waals surface area contributed by atoms with Crippen molar-refractivity contribution in [2.24, 2.45) is 5.92 Å². The highest BCUT2D eigenvalue weighted by molar-refractivity contribution is 5.80. The summed E-state index contributed by atoms with van der Waals surface area (Å²) in [4.78, 5) is 24.0. The van der Waals surface area contributed by atoms with E-state index in [2.05, 4.69) is 0 Å². The van der Waals surface area contributed by atoms with Crippen LogP contribution in [0.15, 0.2) is 30.3 Å². The van der Waals surface area contributed by atoms with Crippen molar-refractivity contribution < 1.29 is 19.4 Å². The number of hydrogen-bond donors (Lipinski definition) is 1. The zero-order chi connectivity index (χ0) is 14.4. The average Bonchev–Trinajstić information content (AvgIpc) is 2.36. The number of benzene rings is 1. The molecule has 1 amide bonds. The van der Waals surface area contributed by atoms with Crippen molar-refractivity contribution in [1.82, 2.24) is 4.90 Å². The van der Waals surface area contributed by atoms with Gasteiger partial charge in [-0.05, 0) is 11.5 Å². The lowest BCUT2D eigenvalue weighted by Crippen LogP contribution is -2.45. The summed E-state index contributed by atoms with van der Waals surface area (Å²) in [6.07, 6.45) is -0.634. The second-order valence-corrected chi connectivity index (χ2v) is 4.68. The van der Waals surface area contributed by atoms with Crippen LogP contribution in [0.3, 0.4) is 0 Å². The van der Waals surface area contributed by atoms with Gasteiger partial charge >= 0.3 is 12.1 Å². The van der Waals surface area contributed by atoms with Gasteiger partial charge in [0, 0.05) is 7.05 Å². The van der Waals surface area contributed by atoms with Gasteiger partial charge in [0.1, 0.15) is 12.6 Å². The zero-order valence-electron chi connectivity index (χ0n) is 11.4. The second kappa shape index (κ2) is 6.78. The van der Waals surface area contributed by atoms with Crippen LogP contribution in [0, 0.1) is 5.92 Å². The Labute approximate surface area is 112 Å². The second-order valence-electron chi connectivity index (χ2n) is 4.68. The molecule has 0 aliphatic rings. The van der Waals surface area contributed by atoms with Gasteiger partial charge in [-0.2, -0.15) is 0 Å². The molecule has 5 heteroatoms. The van der Waals surface area contributed by atoms with Crippen LogP contribution < -0.4 is 0 Å². The first-order valence-corrected chi connectivity index (χ1v) is 6.09. The van der Waals surface area contributed by atoms with Gasteiger partial charge in [-0.1, -0.05) is 44.2 Å². The van der Waals surface area contributed by atoms with E-state index in [0.717, 1.165) is 10.5 Å². The summed E-state index contributed by atoms with van der Waals surface area (Å²) in [7, 11) is 1.44. The maximum atomic E-state index is 11.8. The number of nitrogens with zero attached hydrogens (tertiary/aromatic N) is 1. The molecule has 0 aliphatic heterocycles. The molecule has 1 rings (SSSR count). The fourth-order valence-electron chi connectivity index (χ4n) is 1.83. The standard InChI is InChI=1S/C14H19NO4/c1-10(2)12(13(16)17)15(3)14(18)19-9-11-7-5-4-6-8-11/h4-8,10,12H,9H2,1-3H3,(H,16,17)/t12-/m1/s1. The lowest BCUT2D eigenvalue weighted by Gasteiger charge is -2.26. The number of likely N-dealkylation sites (N-methyl/N-ethyl adjacent to an activating group) is 1. The molecule has 0 bridgehead atoms. The molecular formula is C14H19NO4. The number of carboxylic acids is 1. The molecule has 0 heterocycles. The summed E-state index contributed by atoms with van der Waals surface area (Å²) >= 11 is 0. The Hall–Kier alpha value is -2.04. The molecule has 0 saturated carbocycles. The van der Waals surface area contributed by atoms with Crippen LogP contribution in [0.5, 0.6) is 0 Å². The van der Waals surface area contributed by atoms with E-state index in [4.69, 9.17) is 9.84 Å². The molecule has 1 aromatic rings. The maximum absolute atomic E-state index is 11.8. The van der Waals surface area contributed by atoms with Crippen LogP contribution in [-0.4, -0.2) is 35.2 Å². The predicted octanol–water partition coefficient (Wildman–Crippen LogP) is 2.36. The summed E-state index contributed by atoms with van der Waals surface area (Å²) in [5, 5.41) is 9.10. The summed E-state index contributed by atoms with van der Waals surface area (Å²) in [6.45, 7) is 3.63. The predicted molar refractivity (Wildman–Crippen MR) is 70.7 cm³/mol. The Morgan fingerprint density at radius 1 is 1.26 bits per heavy atom. The molecule has 1 aromatic carbocycles. The number of carbonyl (C=O) groups excluding carboxylic acids is 1. The molecule has 0 aromatic heterocycles. The van der Waals surface area contributed by atoms with Gasteiger partial charge in [0.25, 0.3) is 0 Å². The van der Waals surface area contributed by atoms with Gasteiger partial charge in [-0.15, -0.1) is 0 Å². The third kappa shape index (κ3) is 4.28. The average molecular weight is 265 g/mol. The normalized spacial score (nSPS) is 12.0. The molecule has 0 saturated heterocycles. The molecule has 0 fully saturated rings. The maximum Gasteiger partial charge on any atom is 0.410 e. The van der Waals surface area contributed by atoms with E-state index in [1.54, 1.807) is 13.8 Å². The molecular weight excluding hydrogens is 246 g/mol. The highest BCUT2D eigenvalue weighted by Crippen LogP contribution is 2.11. The van der Waals surface area contributed by atoms with Crippen LogP contribution in [0.25, 0.3) is 0 Å². The Bertz CT molecular complexity index is 430. The third-order valence-electron chi connectivity index (χ3n) is 2.79. The van der Waals surface area contributed by atoms with Gasteiger partial charge in [0.2, 0.25) is 0 Å². The third-order valence-corrected chi connectivity index (χ3v) is 2.79. The van der Waals surface area contributed by atoms with Gasteiger partial charge in [-0.3, -0.25) is 4.90 Å². The summed E-state index contributed by atoms with van der Waals surface area (Å²) in [5.41, 5.74) is 0.862. The van der Waals surface area contributed by atoms with Gasteiger partial charge in [-0.25, -0.2) is 9.59 Å². The van der Waals surface area contributed by atoms with Crippen LogP contribution in [0.2, 0.25) is 0 Å². The Kier molecular flexibility index (Phi) is 5.36. The molecule has 5 nitrogen and oxygen atoms in total. The van der Waals surface area contributed by atoms with Crippen LogP contribution in [-0.2, 0) is 16.1 Å². The van der Waals surface area contributed by atoms with Gasteiger partial charge in [0.15, 0.2) is 0 Å². The Morgan fingerprint density at radius 3 is 2.32 bits per heavy atom. The first-order valence-electron chi connectivity index (χ1n) is 6.09. The number of rotatable bonds is 5. The monoisotopic (exact) mass is 265 g/mol. The minimum atomic E-state index is -1.03. The Balaban J connectivity index is 2.59. The van der Waals surface area contributed by atoms with E-state index in [9.17, 15) is 9.59 Å². The van der Waals surface area contributed by atoms with Crippen LogP contribution >= 0.6 is 0 Å². The fraction of sp³-hybridized carbons (Fsp3) is 0.429. The molecule has 0 aliphatic carbocycles.